The number of fused-ring (bicyclic) bond motifs is 3. The summed E-state index contributed by atoms with van der Waals surface area (Å²) in [5.41, 5.74) is 18.3. The highest BCUT2D eigenvalue weighted by molar-refractivity contribution is 6.09. The van der Waals surface area contributed by atoms with Gasteiger partial charge in [0.15, 0.2) is 5.75 Å². The average molecular weight is 897 g/mol. The molecule has 0 N–H and O–H groups in total. The van der Waals surface area contributed by atoms with Gasteiger partial charge in [-0.1, -0.05) is 165 Å². The van der Waals surface area contributed by atoms with Crippen molar-refractivity contribution < 1.29 is 9.47 Å². The molecule has 1 unspecified atom stereocenters. The highest BCUT2D eigenvalue weighted by Crippen LogP contribution is 2.55. The zero-order valence-electron chi connectivity index (χ0n) is 40.0. The topological polar surface area (TPSA) is 24.9 Å². The Bertz CT molecular complexity index is 3330. The molecule has 9 aromatic rings. The minimum atomic E-state index is -0.0897. The Hall–Kier alpha value is -7.92. The van der Waals surface area contributed by atoms with E-state index in [0.717, 1.165) is 91.7 Å². The van der Waals surface area contributed by atoms with Gasteiger partial charge in [-0.3, -0.25) is 0 Å². The first kappa shape index (κ1) is 43.6. The number of para-hydroxylation sites is 3. The summed E-state index contributed by atoms with van der Waals surface area (Å²) in [7, 11) is 0. The van der Waals surface area contributed by atoms with Gasteiger partial charge in [-0.05, 0) is 144 Å². The van der Waals surface area contributed by atoms with Crippen molar-refractivity contribution in [2.75, 3.05) is 16.4 Å². The highest BCUT2D eigenvalue weighted by atomic mass is 16.5. The molecule has 69 heavy (non-hydrogen) atoms. The Balaban J connectivity index is 1.01. The summed E-state index contributed by atoms with van der Waals surface area (Å²) in [4.78, 5) is 4.68. The Morgan fingerprint density at radius 3 is 1.77 bits per heavy atom. The van der Waals surface area contributed by atoms with Crippen LogP contribution in [0.5, 0.6) is 11.5 Å². The number of rotatable bonds is 13. The molecule has 0 bridgehead atoms. The van der Waals surface area contributed by atoms with Gasteiger partial charge in [-0.25, -0.2) is 0 Å². The van der Waals surface area contributed by atoms with E-state index in [1.165, 1.54) is 33.4 Å². The van der Waals surface area contributed by atoms with E-state index in [2.05, 4.69) is 263 Å². The quantitative estimate of drug-likeness (QED) is 0.115. The first-order valence-electron chi connectivity index (χ1n) is 24.3. The molecule has 338 valence electrons. The Morgan fingerprint density at radius 2 is 1.10 bits per heavy atom. The monoisotopic (exact) mass is 896 g/mol. The fourth-order valence-electron chi connectivity index (χ4n) is 10.4. The molecule has 0 fully saturated rings. The normalized spacial score (nSPS) is 13.8. The molecule has 11 rings (SSSR count). The number of benzene rings is 9. The van der Waals surface area contributed by atoms with Crippen molar-refractivity contribution in [3.63, 3.8) is 0 Å². The van der Waals surface area contributed by atoms with Gasteiger partial charge >= 0.3 is 0 Å². The lowest BCUT2D eigenvalue weighted by atomic mass is 9.82. The van der Waals surface area contributed by atoms with Crippen LogP contribution >= 0.6 is 0 Å². The standard InChI is InChI=1S/C65H56N2O2/c1-6-68-44(2)19-16-27-55-45(3)65(4,5)60-42-40-54(43-59(55)60)66(52-36-31-47(32-37-52)46-20-10-7-11-21-46)53-38-33-48(34-39-53)56-41-35-49-22-17-28-57-58-29-18-30-61(63(58)69-64(56)62(49)57)67(50-23-12-8-13-24-50)51-25-14-9-15-26-51/h7-18,20-44H,6,19H2,1-5H3/b27-16-. The van der Waals surface area contributed by atoms with E-state index in [-0.39, 0.29) is 11.5 Å². The molecule has 0 spiro atoms. The predicted octanol–water partition coefficient (Wildman–Crippen LogP) is 18.3. The van der Waals surface area contributed by atoms with Crippen LogP contribution in [-0.2, 0) is 10.2 Å². The first-order valence-corrected chi connectivity index (χ1v) is 24.3. The van der Waals surface area contributed by atoms with E-state index in [0.29, 0.717) is 0 Å². The van der Waals surface area contributed by atoms with E-state index >= 15 is 0 Å². The minimum Gasteiger partial charge on any atom is -0.453 e. The van der Waals surface area contributed by atoms with Gasteiger partial charge in [-0.15, -0.1) is 0 Å². The Kier molecular flexibility index (Phi) is 11.6. The second-order valence-electron chi connectivity index (χ2n) is 18.7. The van der Waals surface area contributed by atoms with Crippen molar-refractivity contribution in [2.24, 2.45) is 0 Å². The fraction of sp³-hybridized carbons (Fsp3) is 0.138. The maximum Gasteiger partial charge on any atom is 0.159 e. The first-order chi connectivity index (χ1) is 33.8. The molecule has 4 nitrogen and oxygen atoms in total. The Morgan fingerprint density at radius 1 is 0.522 bits per heavy atom. The molecule has 1 aliphatic carbocycles. The molecule has 1 heterocycles. The van der Waals surface area contributed by atoms with Gasteiger partial charge in [0, 0.05) is 57.0 Å². The van der Waals surface area contributed by atoms with E-state index < -0.39 is 0 Å². The third-order valence-corrected chi connectivity index (χ3v) is 14.2. The van der Waals surface area contributed by atoms with Crippen LogP contribution in [0.4, 0.5) is 34.1 Å². The van der Waals surface area contributed by atoms with E-state index in [4.69, 9.17) is 9.47 Å². The van der Waals surface area contributed by atoms with Gasteiger partial charge < -0.3 is 19.3 Å². The van der Waals surface area contributed by atoms with Crippen LogP contribution in [0, 0.1) is 0 Å². The number of anilines is 6. The summed E-state index contributed by atoms with van der Waals surface area (Å²) in [5.74, 6) is 1.70. The predicted molar refractivity (Wildman–Crippen MR) is 290 cm³/mol. The highest BCUT2D eigenvalue weighted by Gasteiger charge is 2.35. The minimum absolute atomic E-state index is 0.0897. The lowest BCUT2D eigenvalue weighted by Crippen LogP contribution is -2.16. The third-order valence-electron chi connectivity index (χ3n) is 14.2. The number of nitrogens with zero attached hydrogens (tertiary/aromatic N) is 2. The SMILES string of the molecule is CCOC(C)C/C=C\C1=C(C)C(C)(C)c2ccc(N(c3ccc(-c4ccccc4)cc3)c3ccc(-c4ccc5cccc6c5c4Oc4c-6cccc4N(c4ccccc4)c4ccccc4)cc3)cc21. The lowest BCUT2D eigenvalue weighted by molar-refractivity contribution is 0.0787. The molecule has 9 aromatic carbocycles. The number of hydrogen-bond donors (Lipinski definition) is 0. The van der Waals surface area contributed by atoms with E-state index in [1.807, 2.05) is 0 Å². The molecular formula is C65H56N2O2. The molecule has 4 heteroatoms. The second kappa shape index (κ2) is 18.3. The van der Waals surface area contributed by atoms with Crippen LogP contribution < -0.4 is 14.5 Å². The smallest absolute Gasteiger partial charge is 0.159 e. The summed E-state index contributed by atoms with van der Waals surface area (Å²) in [6, 6.07) is 74.2. The van der Waals surface area contributed by atoms with Crippen LogP contribution in [0.3, 0.4) is 0 Å². The van der Waals surface area contributed by atoms with E-state index in [9.17, 15) is 0 Å². The molecule has 1 atom stereocenters. The summed E-state index contributed by atoms with van der Waals surface area (Å²) in [6.45, 7) is 11.9. The zero-order chi connectivity index (χ0) is 47.1. The second-order valence-corrected chi connectivity index (χ2v) is 18.7. The van der Waals surface area contributed by atoms with Crippen molar-refractivity contribution in [1.82, 2.24) is 0 Å². The zero-order valence-corrected chi connectivity index (χ0v) is 40.0. The van der Waals surface area contributed by atoms with Crippen molar-refractivity contribution in [1.29, 1.82) is 0 Å². The van der Waals surface area contributed by atoms with Crippen LogP contribution in [0.25, 0.3) is 49.7 Å². The average Bonchev–Trinajstić information content (AvgIpc) is 3.58. The van der Waals surface area contributed by atoms with Crippen molar-refractivity contribution in [3.05, 3.63) is 235 Å². The Labute approximate surface area is 407 Å². The van der Waals surface area contributed by atoms with Crippen LogP contribution in [-0.4, -0.2) is 12.7 Å². The van der Waals surface area contributed by atoms with Crippen molar-refractivity contribution in [3.8, 4) is 44.9 Å². The summed E-state index contributed by atoms with van der Waals surface area (Å²) in [6.07, 6.45) is 5.64. The summed E-state index contributed by atoms with van der Waals surface area (Å²) < 4.78 is 13.2. The lowest BCUT2D eigenvalue weighted by Gasteiger charge is -2.31. The van der Waals surface area contributed by atoms with Crippen LogP contribution in [0.1, 0.15) is 52.2 Å². The third kappa shape index (κ3) is 8.01. The fourth-order valence-corrected chi connectivity index (χ4v) is 10.4. The number of allylic oxidation sites excluding steroid dienone is 3. The van der Waals surface area contributed by atoms with Gasteiger partial charge in [0.1, 0.15) is 5.75 Å². The molecule has 0 aromatic heterocycles. The maximum absolute atomic E-state index is 7.32. The van der Waals surface area contributed by atoms with Gasteiger partial charge in [0.25, 0.3) is 0 Å². The molecule has 0 radical (unpaired) electrons. The van der Waals surface area contributed by atoms with Gasteiger partial charge in [0.05, 0.1) is 11.8 Å². The van der Waals surface area contributed by atoms with Gasteiger partial charge in [-0.2, -0.15) is 0 Å². The summed E-state index contributed by atoms with van der Waals surface area (Å²) >= 11 is 0. The molecule has 0 saturated heterocycles. The number of hydrogen-bond acceptors (Lipinski definition) is 4. The largest absolute Gasteiger partial charge is 0.453 e. The summed E-state index contributed by atoms with van der Waals surface area (Å²) in [5, 5.41) is 2.27. The van der Waals surface area contributed by atoms with Crippen molar-refractivity contribution in [2.45, 2.75) is 52.6 Å². The molecular weight excluding hydrogens is 841 g/mol. The number of ether oxygens (including phenoxy) is 2. The van der Waals surface area contributed by atoms with E-state index in [1.54, 1.807) is 0 Å². The molecule has 2 aliphatic rings. The van der Waals surface area contributed by atoms with Crippen LogP contribution in [0.15, 0.2) is 224 Å². The maximum atomic E-state index is 7.32. The molecule has 0 saturated carbocycles. The van der Waals surface area contributed by atoms with Gasteiger partial charge in [0.2, 0.25) is 0 Å². The van der Waals surface area contributed by atoms with Crippen molar-refractivity contribution >= 4 is 50.5 Å². The molecule has 1 aliphatic heterocycles. The molecule has 0 amide bonds. The van der Waals surface area contributed by atoms with Crippen LogP contribution in [0.2, 0.25) is 0 Å².